The smallest absolute Gasteiger partial charge is 0.317 e. The summed E-state index contributed by atoms with van der Waals surface area (Å²) in [5.74, 6) is 1.08. The van der Waals surface area contributed by atoms with E-state index in [0.717, 1.165) is 11.3 Å². The summed E-state index contributed by atoms with van der Waals surface area (Å²) < 4.78 is 11.1. The van der Waals surface area contributed by atoms with E-state index in [1.165, 1.54) is 0 Å². The summed E-state index contributed by atoms with van der Waals surface area (Å²) >= 11 is 0. The molecule has 0 aromatic heterocycles. The molecule has 2 aliphatic rings. The van der Waals surface area contributed by atoms with Crippen molar-refractivity contribution in [2.75, 3.05) is 26.8 Å². The summed E-state index contributed by atoms with van der Waals surface area (Å²) in [6.07, 6.45) is 1.96. The van der Waals surface area contributed by atoms with E-state index < -0.39 is 0 Å². The highest BCUT2D eigenvalue weighted by Crippen LogP contribution is 2.34. The van der Waals surface area contributed by atoms with Gasteiger partial charge in [0, 0.05) is 24.6 Å². The van der Waals surface area contributed by atoms with Gasteiger partial charge in [0.2, 0.25) is 5.91 Å². The second-order valence-corrected chi connectivity index (χ2v) is 6.27. The van der Waals surface area contributed by atoms with Crippen LogP contribution in [0.2, 0.25) is 0 Å². The number of nitrogens with two attached hydrogens (primary N) is 1. The van der Waals surface area contributed by atoms with E-state index in [9.17, 15) is 9.59 Å². The number of para-hydroxylation sites is 1. The zero-order chi connectivity index (χ0) is 17.1. The molecule has 1 fully saturated rings. The number of nitrogens with one attached hydrogen (secondary N) is 1. The van der Waals surface area contributed by atoms with Gasteiger partial charge in [-0.1, -0.05) is 12.1 Å². The fourth-order valence-corrected chi connectivity index (χ4v) is 3.28. The van der Waals surface area contributed by atoms with Crippen molar-refractivity contribution in [1.29, 1.82) is 0 Å². The number of hydrogen-bond acceptors (Lipinski definition) is 4. The number of rotatable bonds is 3. The number of methoxy groups -OCH3 is 1. The van der Waals surface area contributed by atoms with Gasteiger partial charge in [-0.2, -0.15) is 0 Å². The first kappa shape index (κ1) is 16.4. The number of amides is 3. The fraction of sp³-hybridized carbons (Fsp3) is 0.529. The lowest BCUT2D eigenvalue weighted by molar-refractivity contribution is -0.123. The van der Waals surface area contributed by atoms with Crippen LogP contribution >= 0.6 is 0 Å². The number of fused-ring (bicyclic) bond motifs is 1. The number of primary amides is 1. The van der Waals surface area contributed by atoms with Crippen LogP contribution in [0.15, 0.2) is 18.2 Å². The van der Waals surface area contributed by atoms with Crippen molar-refractivity contribution in [2.24, 2.45) is 11.7 Å². The minimum Gasteiger partial charge on any atom is -0.493 e. The minimum absolute atomic E-state index is 0.0778. The van der Waals surface area contributed by atoms with Gasteiger partial charge in [-0.25, -0.2) is 4.79 Å². The zero-order valence-corrected chi connectivity index (χ0v) is 13.8. The standard InChI is InChI=1S/C17H23N3O4/c1-23-14-4-2-3-12-9-13(10-24-15(12)14)19-17(22)20-7-5-11(6-8-20)16(18)21/h2-4,11,13H,5-10H2,1H3,(H2,18,21)(H,19,22)/t13-/m1/s1. The van der Waals surface area contributed by atoms with Gasteiger partial charge in [0.25, 0.3) is 0 Å². The highest BCUT2D eigenvalue weighted by atomic mass is 16.5. The lowest BCUT2D eigenvalue weighted by Gasteiger charge is -2.33. The van der Waals surface area contributed by atoms with Crippen LogP contribution in [0.4, 0.5) is 4.79 Å². The summed E-state index contributed by atoms with van der Waals surface area (Å²) in [6.45, 7) is 1.52. The van der Waals surface area contributed by atoms with Crippen molar-refractivity contribution in [3.8, 4) is 11.5 Å². The number of piperidine rings is 1. The third-order valence-electron chi connectivity index (χ3n) is 4.69. The Morgan fingerprint density at radius 2 is 2.08 bits per heavy atom. The van der Waals surface area contributed by atoms with E-state index in [-0.39, 0.29) is 23.9 Å². The molecule has 2 aliphatic heterocycles. The fourth-order valence-electron chi connectivity index (χ4n) is 3.28. The van der Waals surface area contributed by atoms with Crippen LogP contribution in [0.25, 0.3) is 0 Å². The van der Waals surface area contributed by atoms with Crippen molar-refractivity contribution in [1.82, 2.24) is 10.2 Å². The normalized spacial score (nSPS) is 20.7. The Hall–Kier alpha value is -2.44. The van der Waals surface area contributed by atoms with Crippen LogP contribution < -0.4 is 20.5 Å². The Labute approximate surface area is 141 Å². The van der Waals surface area contributed by atoms with Crippen molar-refractivity contribution in [3.63, 3.8) is 0 Å². The zero-order valence-electron chi connectivity index (χ0n) is 13.8. The Bertz CT molecular complexity index is 626. The highest BCUT2D eigenvalue weighted by Gasteiger charge is 2.29. The molecule has 0 aliphatic carbocycles. The highest BCUT2D eigenvalue weighted by molar-refractivity contribution is 5.78. The maximum absolute atomic E-state index is 12.4. The van der Waals surface area contributed by atoms with E-state index in [1.807, 2.05) is 18.2 Å². The number of likely N-dealkylation sites (tertiary alicyclic amines) is 1. The molecule has 1 saturated heterocycles. The summed E-state index contributed by atoms with van der Waals surface area (Å²) in [5.41, 5.74) is 6.35. The van der Waals surface area contributed by atoms with Crippen LogP contribution in [-0.2, 0) is 11.2 Å². The number of hydrogen-bond donors (Lipinski definition) is 2. The average molecular weight is 333 g/mol. The Morgan fingerprint density at radius 1 is 1.33 bits per heavy atom. The van der Waals surface area contributed by atoms with Gasteiger partial charge in [0.1, 0.15) is 6.61 Å². The number of benzene rings is 1. The average Bonchev–Trinajstić information content (AvgIpc) is 2.61. The molecule has 7 nitrogen and oxygen atoms in total. The third kappa shape index (κ3) is 3.39. The van der Waals surface area contributed by atoms with Gasteiger partial charge in [-0.05, 0) is 25.3 Å². The molecule has 0 spiro atoms. The van der Waals surface area contributed by atoms with Crippen molar-refractivity contribution < 1.29 is 19.1 Å². The summed E-state index contributed by atoms with van der Waals surface area (Å²) in [4.78, 5) is 25.3. The van der Waals surface area contributed by atoms with E-state index in [0.29, 0.717) is 44.7 Å². The lowest BCUT2D eigenvalue weighted by Crippen LogP contribution is -2.51. The first-order chi connectivity index (χ1) is 11.6. The molecule has 0 bridgehead atoms. The SMILES string of the molecule is COc1cccc2c1OC[C@H](NC(=O)N1CCC(C(N)=O)CC1)C2. The second-order valence-electron chi connectivity index (χ2n) is 6.27. The number of nitrogens with zero attached hydrogens (tertiary/aromatic N) is 1. The third-order valence-corrected chi connectivity index (χ3v) is 4.69. The molecule has 0 unspecified atom stereocenters. The van der Waals surface area contributed by atoms with Crippen molar-refractivity contribution >= 4 is 11.9 Å². The molecular weight excluding hydrogens is 310 g/mol. The second kappa shape index (κ2) is 6.98. The van der Waals surface area contributed by atoms with E-state index in [1.54, 1.807) is 12.0 Å². The molecular formula is C17H23N3O4. The monoisotopic (exact) mass is 333 g/mol. The van der Waals surface area contributed by atoms with Crippen molar-refractivity contribution in [2.45, 2.75) is 25.3 Å². The summed E-state index contributed by atoms with van der Waals surface area (Å²) in [5, 5.41) is 3.02. The van der Waals surface area contributed by atoms with Gasteiger partial charge in [-0.3, -0.25) is 4.79 Å². The Morgan fingerprint density at radius 3 is 2.75 bits per heavy atom. The molecule has 24 heavy (non-hydrogen) atoms. The lowest BCUT2D eigenvalue weighted by atomic mass is 9.96. The number of ether oxygens (including phenoxy) is 2. The van der Waals surface area contributed by atoms with Gasteiger partial charge in [-0.15, -0.1) is 0 Å². The van der Waals surface area contributed by atoms with Crippen LogP contribution in [0.1, 0.15) is 18.4 Å². The largest absolute Gasteiger partial charge is 0.493 e. The number of carbonyl (C=O) groups is 2. The Balaban J connectivity index is 1.56. The quantitative estimate of drug-likeness (QED) is 0.859. The van der Waals surface area contributed by atoms with E-state index >= 15 is 0 Å². The Kier molecular flexibility index (Phi) is 4.78. The molecule has 130 valence electrons. The van der Waals surface area contributed by atoms with Crippen LogP contribution in [0, 0.1) is 5.92 Å². The molecule has 0 radical (unpaired) electrons. The molecule has 1 atom stereocenters. The predicted molar refractivity (Wildman–Crippen MR) is 88.0 cm³/mol. The first-order valence-electron chi connectivity index (χ1n) is 8.22. The van der Waals surface area contributed by atoms with Crippen LogP contribution in [-0.4, -0.2) is 49.7 Å². The van der Waals surface area contributed by atoms with Gasteiger partial charge in [0.05, 0.1) is 13.2 Å². The molecule has 0 saturated carbocycles. The van der Waals surface area contributed by atoms with Crippen molar-refractivity contribution in [3.05, 3.63) is 23.8 Å². The number of urea groups is 1. The summed E-state index contributed by atoms with van der Waals surface area (Å²) in [6, 6.07) is 5.57. The molecule has 3 N–H and O–H groups in total. The molecule has 1 aromatic rings. The maximum Gasteiger partial charge on any atom is 0.317 e. The molecule has 3 amide bonds. The molecule has 2 heterocycles. The number of carbonyl (C=O) groups excluding carboxylic acids is 2. The van der Waals surface area contributed by atoms with Crippen LogP contribution in [0.5, 0.6) is 11.5 Å². The maximum atomic E-state index is 12.4. The van der Waals surface area contributed by atoms with E-state index in [2.05, 4.69) is 5.32 Å². The van der Waals surface area contributed by atoms with E-state index in [4.69, 9.17) is 15.2 Å². The minimum atomic E-state index is -0.277. The van der Waals surface area contributed by atoms with Gasteiger partial charge < -0.3 is 25.4 Å². The molecule has 7 heteroatoms. The predicted octanol–water partition coefficient (Wildman–Crippen LogP) is 0.906. The van der Waals surface area contributed by atoms with Gasteiger partial charge in [0.15, 0.2) is 11.5 Å². The topological polar surface area (TPSA) is 93.9 Å². The van der Waals surface area contributed by atoms with Gasteiger partial charge >= 0.3 is 6.03 Å². The molecule has 3 rings (SSSR count). The summed E-state index contributed by atoms with van der Waals surface area (Å²) in [7, 11) is 1.61. The first-order valence-corrected chi connectivity index (χ1v) is 8.22. The van der Waals surface area contributed by atoms with Crippen LogP contribution in [0.3, 0.4) is 0 Å². The molecule has 1 aromatic carbocycles.